The van der Waals surface area contributed by atoms with Gasteiger partial charge in [-0.2, -0.15) is 0 Å². The molecule has 1 aliphatic heterocycles. The lowest BCUT2D eigenvalue weighted by Crippen LogP contribution is -2.45. The highest BCUT2D eigenvalue weighted by Crippen LogP contribution is 2.26. The third-order valence-electron chi connectivity index (χ3n) is 4.98. The Balaban J connectivity index is 1.85. The molecule has 1 aromatic carbocycles. The molecule has 0 aliphatic carbocycles. The number of carbonyl (C=O) groups is 2. The van der Waals surface area contributed by atoms with Crippen LogP contribution in [-0.2, 0) is 19.6 Å². The van der Waals surface area contributed by atoms with E-state index in [1.54, 1.807) is 13.0 Å². The third-order valence-corrected chi connectivity index (χ3v) is 6.84. The monoisotopic (exact) mass is 425 g/mol. The molecule has 10 heteroatoms. The number of rotatable bonds is 8. The number of nitrogens with one attached hydrogen (secondary N) is 2. The van der Waals surface area contributed by atoms with Gasteiger partial charge in [-0.25, -0.2) is 12.7 Å². The van der Waals surface area contributed by atoms with E-state index in [0.717, 1.165) is 31.9 Å². The molecular weight excluding hydrogens is 394 g/mol. The second kappa shape index (κ2) is 10.6. The van der Waals surface area contributed by atoms with Gasteiger partial charge >= 0.3 is 11.8 Å². The standard InChI is InChI=1S/C19H31N5O4S/c1-4-29(27,28)23(3)11-7-10-20-18(25)19(26)21-16-8-5-6-9-17(16)24-14-12-22(2)13-15-24/h5-6,8-9H,4,7,10-15H2,1-3H3,(H,20,25)(H,21,26). The van der Waals surface area contributed by atoms with Gasteiger partial charge in [0.25, 0.3) is 0 Å². The molecule has 0 aromatic heterocycles. The Morgan fingerprint density at radius 1 is 1.10 bits per heavy atom. The molecule has 29 heavy (non-hydrogen) atoms. The molecule has 0 atom stereocenters. The summed E-state index contributed by atoms with van der Waals surface area (Å²) in [4.78, 5) is 28.8. The summed E-state index contributed by atoms with van der Waals surface area (Å²) >= 11 is 0. The minimum atomic E-state index is -3.24. The number of piperazine rings is 1. The quantitative estimate of drug-likeness (QED) is 0.455. The largest absolute Gasteiger partial charge is 0.367 e. The SMILES string of the molecule is CCS(=O)(=O)N(C)CCCNC(=O)C(=O)Nc1ccccc1N1CCN(C)CC1. The fourth-order valence-electron chi connectivity index (χ4n) is 3.02. The zero-order valence-electron chi connectivity index (χ0n) is 17.3. The minimum absolute atomic E-state index is 0.0327. The van der Waals surface area contributed by atoms with Crippen LogP contribution in [-0.4, -0.2) is 88.6 Å². The van der Waals surface area contributed by atoms with Crippen molar-refractivity contribution in [2.45, 2.75) is 13.3 Å². The van der Waals surface area contributed by atoms with Crippen molar-refractivity contribution in [3.05, 3.63) is 24.3 Å². The van der Waals surface area contributed by atoms with Gasteiger partial charge in [-0.3, -0.25) is 9.59 Å². The van der Waals surface area contributed by atoms with Gasteiger partial charge in [0.1, 0.15) is 0 Å². The maximum absolute atomic E-state index is 12.3. The van der Waals surface area contributed by atoms with Crippen LogP contribution in [0.25, 0.3) is 0 Å². The Labute approximate surface area is 173 Å². The van der Waals surface area contributed by atoms with Crippen LogP contribution in [0.5, 0.6) is 0 Å². The average Bonchev–Trinajstić information content (AvgIpc) is 2.71. The number of likely N-dealkylation sites (N-methyl/N-ethyl adjacent to an activating group) is 1. The Morgan fingerprint density at radius 3 is 2.41 bits per heavy atom. The van der Waals surface area contributed by atoms with E-state index >= 15 is 0 Å². The van der Waals surface area contributed by atoms with Crippen LogP contribution in [0, 0.1) is 0 Å². The summed E-state index contributed by atoms with van der Waals surface area (Å²) in [5.41, 5.74) is 1.50. The second-order valence-electron chi connectivity index (χ2n) is 7.09. The topological polar surface area (TPSA) is 102 Å². The predicted molar refractivity (Wildman–Crippen MR) is 114 cm³/mol. The Bertz CT molecular complexity index is 807. The van der Waals surface area contributed by atoms with Gasteiger partial charge in [-0.05, 0) is 32.5 Å². The summed E-state index contributed by atoms with van der Waals surface area (Å²) in [7, 11) is 0.336. The number of sulfonamides is 1. The van der Waals surface area contributed by atoms with E-state index < -0.39 is 21.8 Å². The van der Waals surface area contributed by atoms with Crippen LogP contribution in [0.15, 0.2) is 24.3 Å². The first-order valence-corrected chi connectivity index (χ1v) is 11.4. The van der Waals surface area contributed by atoms with Crippen LogP contribution in [0.1, 0.15) is 13.3 Å². The number of para-hydroxylation sites is 2. The first kappa shape index (κ1) is 23.1. The molecule has 9 nitrogen and oxygen atoms in total. The lowest BCUT2D eigenvalue weighted by atomic mass is 10.2. The smallest absolute Gasteiger partial charge is 0.313 e. The fourth-order valence-corrected chi connectivity index (χ4v) is 3.87. The molecule has 162 valence electrons. The molecule has 2 rings (SSSR count). The molecule has 0 radical (unpaired) electrons. The summed E-state index contributed by atoms with van der Waals surface area (Å²) < 4.78 is 24.6. The first-order chi connectivity index (χ1) is 13.7. The molecular formula is C19H31N5O4S. The van der Waals surface area contributed by atoms with E-state index in [2.05, 4.69) is 27.5 Å². The van der Waals surface area contributed by atoms with Gasteiger partial charge in [0.15, 0.2) is 0 Å². The van der Waals surface area contributed by atoms with Gasteiger partial charge in [-0.15, -0.1) is 0 Å². The van der Waals surface area contributed by atoms with Crippen molar-refractivity contribution in [2.24, 2.45) is 0 Å². The highest BCUT2D eigenvalue weighted by Gasteiger charge is 2.20. The number of hydrogen-bond donors (Lipinski definition) is 2. The van der Waals surface area contributed by atoms with Crippen molar-refractivity contribution >= 4 is 33.2 Å². The second-order valence-corrected chi connectivity index (χ2v) is 9.46. The van der Waals surface area contributed by atoms with Crippen LogP contribution < -0.4 is 15.5 Å². The average molecular weight is 426 g/mol. The van der Waals surface area contributed by atoms with E-state index in [9.17, 15) is 18.0 Å². The van der Waals surface area contributed by atoms with E-state index in [1.807, 2.05) is 18.2 Å². The van der Waals surface area contributed by atoms with Crippen molar-refractivity contribution in [3.8, 4) is 0 Å². The van der Waals surface area contributed by atoms with E-state index in [0.29, 0.717) is 12.1 Å². The Morgan fingerprint density at radius 2 is 1.76 bits per heavy atom. The summed E-state index contributed by atoms with van der Waals surface area (Å²) in [6.45, 7) is 5.65. The zero-order valence-corrected chi connectivity index (χ0v) is 18.2. The van der Waals surface area contributed by atoms with Crippen molar-refractivity contribution in [1.29, 1.82) is 0 Å². The van der Waals surface area contributed by atoms with E-state index in [1.165, 1.54) is 11.4 Å². The molecule has 1 heterocycles. The molecule has 2 amide bonds. The summed E-state index contributed by atoms with van der Waals surface area (Å²) in [6.07, 6.45) is 0.423. The molecule has 1 aromatic rings. The van der Waals surface area contributed by atoms with Gasteiger partial charge in [-0.1, -0.05) is 12.1 Å². The summed E-state index contributed by atoms with van der Waals surface area (Å²) in [5, 5.41) is 5.23. The number of anilines is 2. The highest BCUT2D eigenvalue weighted by atomic mass is 32.2. The summed E-state index contributed by atoms with van der Waals surface area (Å²) in [6, 6.07) is 7.44. The van der Waals surface area contributed by atoms with E-state index in [-0.39, 0.29) is 18.8 Å². The van der Waals surface area contributed by atoms with Gasteiger partial charge < -0.3 is 20.4 Å². The fraction of sp³-hybridized carbons (Fsp3) is 0.579. The molecule has 1 fully saturated rings. The van der Waals surface area contributed by atoms with Gasteiger partial charge in [0, 0.05) is 46.3 Å². The van der Waals surface area contributed by atoms with Crippen LogP contribution >= 0.6 is 0 Å². The predicted octanol–water partition coefficient (Wildman–Crippen LogP) is 0.165. The summed E-state index contributed by atoms with van der Waals surface area (Å²) in [5.74, 6) is -1.44. The number of carbonyl (C=O) groups excluding carboxylic acids is 2. The lowest BCUT2D eigenvalue weighted by Gasteiger charge is -2.35. The van der Waals surface area contributed by atoms with Crippen molar-refractivity contribution in [3.63, 3.8) is 0 Å². The van der Waals surface area contributed by atoms with Crippen molar-refractivity contribution in [1.82, 2.24) is 14.5 Å². The molecule has 0 unspecified atom stereocenters. The maximum Gasteiger partial charge on any atom is 0.313 e. The third kappa shape index (κ3) is 6.69. The number of hydrogen-bond acceptors (Lipinski definition) is 6. The Hall–Kier alpha value is -2.17. The molecule has 1 saturated heterocycles. The van der Waals surface area contributed by atoms with Gasteiger partial charge in [0.2, 0.25) is 10.0 Å². The lowest BCUT2D eigenvalue weighted by molar-refractivity contribution is -0.136. The molecule has 2 N–H and O–H groups in total. The number of amides is 2. The van der Waals surface area contributed by atoms with Crippen molar-refractivity contribution in [2.75, 3.05) is 69.3 Å². The molecule has 0 saturated carbocycles. The molecule has 1 aliphatic rings. The van der Waals surface area contributed by atoms with Crippen LogP contribution in [0.2, 0.25) is 0 Å². The van der Waals surface area contributed by atoms with Crippen LogP contribution in [0.3, 0.4) is 0 Å². The van der Waals surface area contributed by atoms with E-state index in [4.69, 9.17) is 0 Å². The zero-order chi connectivity index (χ0) is 21.4. The number of benzene rings is 1. The Kier molecular flexibility index (Phi) is 8.42. The number of nitrogens with zero attached hydrogens (tertiary/aromatic N) is 3. The maximum atomic E-state index is 12.3. The van der Waals surface area contributed by atoms with Gasteiger partial charge in [0.05, 0.1) is 17.1 Å². The minimum Gasteiger partial charge on any atom is -0.367 e. The first-order valence-electron chi connectivity index (χ1n) is 9.80. The normalized spacial score (nSPS) is 15.4. The van der Waals surface area contributed by atoms with Crippen LogP contribution in [0.4, 0.5) is 11.4 Å². The molecule has 0 spiro atoms. The molecule has 0 bridgehead atoms. The highest BCUT2D eigenvalue weighted by molar-refractivity contribution is 7.89. The van der Waals surface area contributed by atoms with Crippen molar-refractivity contribution < 1.29 is 18.0 Å².